The minimum atomic E-state index is -0.541. The van der Waals surface area contributed by atoms with Gasteiger partial charge in [-0.1, -0.05) is 6.92 Å². The van der Waals surface area contributed by atoms with E-state index in [4.69, 9.17) is 12.2 Å². The first kappa shape index (κ1) is 19.0. The van der Waals surface area contributed by atoms with Crippen LogP contribution in [-0.2, 0) is 4.79 Å². The number of non-ortho nitro benzene ring substituents is 1. The summed E-state index contributed by atoms with van der Waals surface area (Å²) >= 11 is 5.08. The molecule has 2 aromatic carbocycles. The van der Waals surface area contributed by atoms with E-state index in [2.05, 4.69) is 16.0 Å². The summed E-state index contributed by atoms with van der Waals surface area (Å²) < 4.78 is 0. The molecule has 0 heterocycles. The number of hydrogen-bond donors (Lipinski definition) is 3. The number of nitro groups is 1. The van der Waals surface area contributed by atoms with Crippen LogP contribution in [0.1, 0.15) is 23.7 Å². The maximum absolute atomic E-state index is 12.1. The Bertz CT molecular complexity index is 835. The smallest absolute Gasteiger partial charge is 0.269 e. The predicted molar refractivity (Wildman–Crippen MR) is 102 cm³/mol. The first-order chi connectivity index (χ1) is 12.4. The minimum Gasteiger partial charge on any atom is -0.332 e. The second-order valence-corrected chi connectivity index (χ2v) is 5.60. The van der Waals surface area contributed by atoms with Crippen molar-refractivity contribution in [3.63, 3.8) is 0 Å². The number of anilines is 2. The number of thiocarbonyl (C=S) groups is 1. The molecule has 0 atom stereocenters. The summed E-state index contributed by atoms with van der Waals surface area (Å²) in [7, 11) is 0. The van der Waals surface area contributed by atoms with E-state index in [0.717, 1.165) is 0 Å². The van der Waals surface area contributed by atoms with Crippen molar-refractivity contribution in [2.75, 3.05) is 10.6 Å². The summed E-state index contributed by atoms with van der Waals surface area (Å²) in [5, 5.41) is 18.8. The van der Waals surface area contributed by atoms with Crippen LogP contribution in [0.5, 0.6) is 0 Å². The molecule has 0 fully saturated rings. The zero-order chi connectivity index (χ0) is 19.1. The zero-order valence-electron chi connectivity index (χ0n) is 13.8. The molecule has 9 heteroatoms. The molecule has 2 amide bonds. The highest BCUT2D eigenvalue weighted by Gasteiger charge is 2.11. The molecule has 8 nitrogen and oxygen atoms in total. The van der Waals surface area contributed by atoms with E-state index in [-0.39, 0.29) is 22.3 Å². The summed E-state index contributed by atoms with van der Waals surface area (Å²) in [4.78, 5) is 33.5. The maximum Gasteiger partial charge on any atom is 0.269 e. The second kappa shape index (κ2) is 8.67. The molecule has 0 radical (unpaired) electrons. The Morgan fingerprint density at radius 2 is 1.54 bits per heavy atom. The van der Waals surface area contributed by atoms with Gasteiger partial charge in [0.15, 0.2) is 5.11 Å². The second-order valence-electron chi connectivity index (χ2n) is 5.19. The molecular formula is C17H16N4O4S. The molecule has 3 N–H and O–H groups in total. The van der Waals surface area contributed by atoms with Crippen molar-refractivity contribution in [2.45, 2.75) is 13.3 Å². The molecule has 2 rings (SSSR count). The molecule has 0 saturated carbocycles. The van der Waals surface area contributed by atoms with Crippen molar-refractivity contribution in [3.05, 3.63) is 64.2 Å². The SMILES string of the molecule is CCC(=O)Nc1ccc(NC(=S)NC(=O)c2ccc([N+](=O)[O-])cc2)cc1. The number of rotatable bonds is 5. The molecule has 2 aromatic rings. The normalized spacial score (nSPS) is 9.88. The van der Waals surface area contributed by atoms with Crippen molar-refractivity contribution in [3.8, 4) is 0 Å². The number of nitrogens with zero attached hydrogens (tertiary/aromatic N) is 1. The number of carbonyl (C=O) groups is 2. The van der Waals surface area contributed by atoms with E-state index in [1.54, 1.807) is 31.2 Å². The van der Waals surface area contributed by atoms with Crippen LogP contribution in [0.25, 0.3) is 0 Å². The number of benzene rings is 2. The van der Waals surface area contributed by atoms with Gasteiger partial charge in [-0.15, -0.1) is 0 Å². The van der Waals surface area contributed by atoms with Gasteiger partial charge in [0.1, 0.15) is 0 Å². The molecule has 26 heavy (non-hydrogen) atoms. The van der Waals surface area contributed by atoms with Gasteiger partial charge in [0.25, 0.3) is 11.6 Å². The largest absolute Gasteiger partial charge is 0.332 e. The van der Waals surface area contributed by atoms with E-state index in [1.165, 1.54) is 24.3 Å². The number of carbonyl (C=O) groups excluding carboxylic acids is 2. The minimum absolute atomic E-state index is 0.0821. The number of nitro benzene ring substituents is 1. The van der Waals surface area contributed by atoms with E-state index in [9.17, 15) is 19.7 Å². The number of nitrogens with one attached hydrogen (secondary N) is 3. The number of amides is 2. The molecule has 0 aromatic heterocycles. The average molecular weight is 372 g/mol. The van der Waals surface area contributed by atoms with Crippen molar-refractivity contribution in [1.29, 1.82) is 0 Å². The van der Waals surface area contributed by atoms with Gasteiger partial charge in [-0.05, 0) is 48.6 Å². The summed E-state index contributed by atoms with van der Waals surface area (Å²) in [6, 6.07) is 12.0. The topological polar surface area (TPSA) is 113 Å². The Hall–Kier alpha value is -3.33. The molecule has 0 saturated heterocycles. The third-order valence-corrected chi connectivity index (χ3v) is 3.52. The van der Waals surface area contributed by atoms with Crippen LogP contribution in [0, 0.1) is 10.1 Å². The van der Waals surface area contributed by atoms with Crippen molar-refractivity contribution < 1.29 is 14.5 Å². The molecular weight excluding hydrogens is 356 g/mol. The quantitative estimate of drug-likeness (QED) is 0.422. The van der Waals surface area contributed by atoms with Crippen molar-refractivity contribution in [1.82, 2.24) is 5.32 Å². The number of hydrogen-bond acceptors (Lipinski definition) is 5. The molecule has 134 valence electrons. The van der Waals surface area contributed by atoms with Crippen LogP contribution < -0.4 is 16.0 Å². The lowest BCUT2D eigenvalue weighted by molar-refractivity contribution is -0.384. The fourth-order valence-electron chi connectivity index (χ4n) is 1.96. The summed E-state index contributed by atoms with van der Waals surface area (Å²) in [5.41, 5.74) is 1.44. The maximum atomic E-state index is 12.1. The Morgan fingerprint density at radius 3 is 2.04 bits per heavy atom. The van der Waals surface area contributed by atoms with E-state index in [1.807, 2.05) is 0 Å². The predicted octanol–water partition coefficient (Wildman–Crippen LogP) is 3.07. The van der Waals surface area contributed by atoms with Gasteiger partial charge in [-0.3, -0.25) is 25.0 Å². The fraction of sp³-hybridized carbons (Fsp3) is 0.118. The van der Waals surface area contributed by atoms with Gasteiger partial charge in [0, 0.05) is 35.5 Å². The van der Waals surface area contributed by atoms with Crippen LogP contribution >= 0.6 is 12.2 Å². The van der Waals surface area contributed by atoms with E-state index < -0.39 is 10.8 Å². The van der Waals surface area contributed by atoms with Gasteiger partial charge >= 0.3 is 0 Å². The lowest BCUT2D eigenvalue weighted by Crippen LogP contribution is -2.34. The van der Waals surface area contributed by atoms with Gasteiger partial charge in [0.05, 0.1) is 4.92 Å². The van der Waals surface area contributed by atoms with Crippen LogP contribution in [0.3, 0.4) is 0 Å². The fourth-order valence-corrected chi connectivity index (χ4v) is 2.17. The van der Waals surface area contributed by atoms with Crippen molar-refractivity contribution >= 4 is 46.2 Å². The van der Waals surface area contributed by atoms with Gasteiger partial charge in [-0.25, -0.2) is 0 Å². The van der Waals surface area contributed by atoms with Crippen LogP contribution in [0.4, 0.5) is 17.1 Å². The Kier molecular flexibility index (Phi) is 6.34. The first-order valence-electron chi connectivity index (χ1n) is 7.65. The molecule has 0 spiro atoms. The molecule has 0 unspecified atom stereocenters. The van der Waals surface area contributed by atoms with Crippen LogP contribution in [-0.4, -0.2) is 21.9 Å². The van der Waals surface area contributed by atoms with Crippen molar-refractivity contribution in [2.24, 2.45) is 0 Å². The standard InChI is InChI=1S/C17H16N4O4S/c1-2-15(22)18-12-5-7-13(8-6-12)19-17(26)20-16(23)11-3-9-14(10-4-11)21(24)25/h3-10H,2H2,1H3,(H,18,22)(H2,19,20,23,26). The molecule has 0 bridgehead atoms. The average Bonchev–Trinajstić information content (AvgIpc) is 2.63. The summed E-state index contributed by atoms with van der Waals surface area (Å²) in [6.45, 7) is 1.76. The Balaban J connectivity index is 1.92. The van der Waals surface area contributed by atoms with Gasteiger partial charge in [-0.2, -0.15) is 0 Å². The van der Waals surface area contributed by atoms with Crippen LogP contribution in [0.2, 0.25) is 0 Å². The Labute approximate surface area is 154 Å². The monoisotopic (exact) mass is 372 g/mol. The molecule has 0 aliphatic heterocycles. The van der Waals surface area contributed by atoms with Gasteiger partial charge in [0.2, 0.25) is 5.91 Å². The third-order valence-electron chi connectivity index (χ3n) is 3.32. The Morgan fingerprint density at radius 1 is 1.00 bits per heavy atom. The first-order valence-corrected chi connectivity index (χ1v) is 8.06. The lowest BCUT2D eigenvalue weighted by Gasteiger charge is -2.10. The summed E-state index contributed by atoms with van der Waals surface area (Å²) in [6.07, 6.45) is 0.388. The highest BCUT2D eigenvalue weighted by molar-refractivity contribution is 7.80. The highest BCUT2D eigenvalue weighted by atomic mass is 32.1. The van der Waals surface area contributed by atoms with Crippen LogP contribution in [0.15, 0.2) is 48.5 Å². The molecule has 0 aliphatic carbocycles. The lowest BCUT2D eigenvalue weighted by atomic mass is 10.2. The molecule has 0 aliphatic rings. The van der Waals surface area contributed by atoms with E-state index in [0.29, 0.717) is 17.8 Å². The summed E-state index contributed by atoms with van der Waals surface area (Å²) in [5.74, 6) is -0.569. The van der Waals surface area contributed by atoms with E-state index >= 15 is 0 Å². The third kappa shape index (κ3) is 5.35. The zero-order valence-corrected chi connectivity index (χ0v) is 14.6. The highest BCUT2D eigenvalue weighted by Crippen LogP contribution is 2.14. The van der Waals surface area contributed by atoms with Gasteiger partial charge < -0.3 is 10.6 Å².